The van der Waals surface area contributed by atoms with E-state index < -0.39 is 0 Å². The molecule has 0 aliphatic heterocycles. The van der Waals surface area contributed by atoms with Crippen molar-refractivity contribution in [3.63, 3.8) is 0 Å². The molecule has 5 heteroatoms. The minimum Gasteiger partial charge on any atom is -0.338 e. The van der Waals surface area contributed by atoms with Gasteiger partial charge in [0.1, 0.15) is 4.88 Å². The maximum Gasteiger partial charge on any atom is 0.265 e. The second-order valence-electron chi connectivity index (χ2n) is 5.05. The number of carbonyl (C=O) groups excluding carboxylic acids is 1. The van der Waals surface area contributed by atoms with Crippen LogP contribution in [0.1, 0.15) is 40.9 Å². The van der Waals surface area contributed by atoms with Crippen molar-refractivity contribution >= 4 is 28.8 Å². The predicted molar refractivity (Wildman–Crippen MR) is 76.4 cm³/mol. The highest BCUT2D eigenvalue weighted by atomic mass is 35.5. The summed E-state index contributed by atoms with van der Waals surface area (Å²) in [7, 11) is 1.87. The fourth-order valence-electron chi connectivity index (χ4n) is 2.39. The largest absolute Gasteiger partial charge is 0.338 e. The molecule has 0 spiro atoms. The number of nitrogens with zero attached hydrogens (tertiary/aromatic N) is 1. The van der Waals surface area contributed by atoms with E-state index in [1.807, 2.05) is 24.3 Å². The van der Waals surface area contributed by atoms with Crippen molar-refractivity contribution < 1.29 is 4.79 Å². The first-order valence-corrected chi connectivity index (χ1v) is 7.52. The average molecular weight is 287 g/mol. The van der Waals surface area contributed by atoms with E-state index in [1.54, 1.807) is 0 Å². The van der Waals surface area contributed by atoms with Crippen LogP contribution in [0.25, 0.3) is 0 Å². The Balaban J connectivity index is 2.07. The molecule has 0 atom stereocenters. The summed E-state index contributed by atoms with van der Waals surface area (Å²) in [5.41, 5.74) is 6.87. The minimum atomic E-state index is 0.0403. The lowest BCUT2D eigenvalue weighted by Gasteiger charge is -2.33. The Bertz CT molecular complexity index is 438. The molecule has 1 aromatic rings. The molecule has 3 nitrogen and oxygen atoms in total. The van der Waals surface area contributed by atoms with Crippen molar-refractivity contribution in [1.82, 2.24) is 4.90 Å². The van der Waals surface area contributed by atoms with Crippen molar-refractivity contribution in [2.24, 2.45) is 5.73 Å². The van der Waals surface area contributed by atoms with Gasteiger partial charge in [-0.15, -0.1) is 11.3 Å². The van der Waals surface area contributed by atoms with Crippen molar-refractivity contribution in [2.45, 2.75) is 44.7 Å². The molecular weight excluding hydrogens is 268 g/mol. The number of carbonyl (C=O) groups is 1. The van der Waals surface area contributed by atoms with Gasteiger partial charge in [0.2, 0.25) is 0 Å². The summed E-state index contributed by atoms with van der Waals surface area (Å²) in [5.74, 6) is 0.0403. The number of nitrogens with two attached hydrogens (primary N) is 1. The van der Waals surface area contributed by atoms with E-state index in [9.17, 15) is 4.79 Å². The van der Waals surface area contributed by atoms with E-state index in [0.29, 0.717) is 22.0 Å². The molecule has 18 heavy (non-hydrogen) atoms. The zero-order valence-corrected chi connectivity index (χ0v) is 12.4. The molecule has 2 N–H and O–H groups in total. The van der Waals surface area contributed by atoms with Crippen LogP contribution < -0.4 is 5.73 Å². The Morgan fingerprint density at radius 1 is 1.44 bits per heavy atom. The summed E-state index contributed by atoms with van der Waals surface area (Å²) in [6.07, 6.45) is 3.98. The summed E-state index contributed by atoms with van der Waals surface area (Å²) in [4.78, 5) is 14.9. The van der Waals surface area contributed by atoms with Crippen molar-refractivity contribution in [3.05, 3.63) is 20.8 Å². The summed E-state index contributed by atoms with van der Waals surface area (Å²) in [6, 6.07) is 0.605. The maximum atomic E-state index is 12.4. The summed E-state index contributed by atoms with van der Waals surface area (Å²) < 4.78 is 0. The lowest BCUT2D eigenvalue weighted by Crippen LogP contribution is -2.41. The minimum absolute atomic E-state index is 0.0403. The van der Waals surface area contributed by atoms with E-state index in [0.717, 1.165) is 31.2 Å². The van der Waals surface area contributed by atoms with E-state index in [2.05, 4.69) is 0 Å². The van der Waals surface area contributed by atoms with Crippen LogP contribution in [0, 0.1) is 6.92 Å². The highest BCUT2D eigenvalue weighted by molar-refractivity contribution is 7.13. The van der Waals surface area contributed by atoms with Crippen LogP contribution in [-0.2, 0) is 0 Å². The molecular formula is C13H19ClN2OS. The van der Waals surface area contributed by atoms with Crippen LogP contribution in [-0.4, -0.2) is 29.9 Å². The average Bonchev–Trinajstić information content (AvgIpc) is 2.69. The number of hydrogen-bond donors (Lipinski definition) is 1. The van der Waals surface area contributed by atoms with Crippen LogP contribution in [0.2, 0.25) is 5.02 Å². The van der Waals surface area contributed by atoms with Gasteiger partial charge in [0.15, 0.2) is 0 Å². The SMILES string of the molecule is Cc1csc(C(=O)N(C)C2CCC(N)CC2)c1Cl. The molecule has 100 valence electrons. The first kappa shape index (κ1) is 13.8. The molecule has 0 aromatic carbocycles. The van der Waals surface area contributed by atoms with Gasteiger partial charge in [0, 0.05) is 19.1 Å². The highest BCUT2D eigenvalue weighted by Crippen LogP contribution is 2.30. The number of thiophene rings is 1. The van der Waals surface area contributed by atoms with Gasteiger partial charge < -0.3 is 10.6 Å². The molecule has 1 aliphatic carbocycles. The fraction of sp³-hybridized carbons (Fsp3) is 0.615. The van der Waals surface area contributed by atoms with Gasteiger partial charge in [-0.1, -0.05) is 11.6 Å². The zero-order valence-electron chi connectivity index (χ0n) is 10.8. The smallest absolute Gasteiger partial charge is 0.265 e. The maximum absolute atomic E-state index is 12.4. The molecule has 1 amide bonds. The number of amides is 1. The van der Waals surface area contributed by atoms with Gasteiger partial charge in [0.05, 0.1) is 5.02 Å². The quantitative estimate of drug-likeness (QED) is 0.908. The third kappa shape index (κ3) is 2.71. The van der Waals surface area contributed by atoms with Crippen molar-refractivity contribution in [1.29, 1.82) is 0 Å². The number of aryl methyl sites for hydroxylation is 1. The molecule has 0 bridgehead atoms. The highest BCUT2D eigenvalue weighted by Gasteiger charge is 2.27. The van der Waals surface area contributed by atoms with Gasteiger partial charge >= 0.3 is 0 Å². The number of rotatable bonds is 2. The fourth-order valence-corrected chi connectivity index (χ4v) is 3.64. The molecule has 0 unspecified atom stereocenters. The van der Waals surface area contributed by atoms with Crippen LogP contribution in [0.15, 0.2) is 5.38 Å². The van der Waals surface area contributed by atoms with Crippen LogP contribution in [0.3, 0.4) is 0 Å². The Morgan fingerprint density at radius 2 is 2.06 bits per heavy atom. The Labute approximate surface area is 117 Å². The van der Waals surface area contributed by atoms with E-state index in [-0.39, 0.29) is 5.91 Å². The van der Waals surface area contributed by atoms with Gasteiger partial charge in [-0.2, -0.15) is 0 Å². The molecule has 0 saturated heterocycles. The normalized spacial score (nSPS) is 24.0. The lowest BCUT2D eigenvalue weighted by molar-refractivity contribution is 0.0695. The first-order valence-electron chi connectivity index (χ1n) is 6.27. The topological polar surface area (TPSA) is 46.3 Å². The third-order valence-corrected chi connectivity index (χ3v) is 5.39. The number of halogens is 1. The zero-order chi connectivity index (χ0) is 13.3. The van der Waals surface area contributed by atoms with E-state index >= 15 is 0 Å². The molecule has 1 saturated carbocycles. The van der Waals surface area contributed by atoms with Crippen molar-refractivity contribution in [2.75, 3.05) is 7.05 Å². The van der Waals surface area contributed by atoms with Gasteiger partial charge in [-0.25, -0.2) is 0 Å². The molecule has 1 aromatic heterocycles. The van der Waals surface area contributed by atoms with Gasteiger partial charge in [-0.05, 0) is 43.6 Å². The van der Waals surface area contributed by atoms with E-state index in [4.69, 9.17) is 17.3 Å². The number of hydrogen-bond acceptors (Lipinski definition) is 3. The molecule has 1 aliphatic rings. The Morgan fingerprint density at radius 3 is 2.56 bits per heavy atom. The molecule has 0 radical (unpaired) electrons. The molecule has 1 heterocycles. The third-order valence-electron chi connectivity index (χ3n) is 3.70. The lowest BCUT2D eigenvalue weighted by atomic mass is 9.91. The first-order chi connectivity index (χ1) is 8.50. The van der Waals surface area contributed by atoms with Crippen LogP contribution in [0.5, 0.6) is 0 Å². The summed E-state index contributed by atoms with van der Waals surface area (Å²) >= 11 is 7.58. The van der Waals surface area contributed by atoms with Crippen LogP contribution in [0.4, 0.5) is 0 Å². The predicted octanol–water partition coefficient (Wildman–Crippen LogP) is 3.05. The van der Waals surface area contributed by atoms with Gasteiger partial charge in [0.25, 0.3) is 5.91 Å². The van der Waals surface area contributed by atoms with Crippen LogP contribution >= 0.6 is 22.9 Å². The second-order valence-corrected chi connectivity index (χ2v) is 6.30. The molecule has 1 fully saturated rings. The monoisotopic (exact) mass is 286 g/mol. The summed E-state index contributed by atoms with van der Waals surface area (Å²) in [5, 5.41) is 2.53. The standard InChI is InChI=1S/C13H19ClN2OS/c1-8-7-18-12(11(8)14)13(17)16(2)10-5-3-9(15)4-6-10/h7,9-10H,3-6,15H2,1-2H3. The van der Waals surface area contributed by atoms with Gasteiger partial charge in [-0.3, -0.25) is 4.79 Å². The Kier molecular flexibility index (Phi) is 4.30. The molecule has 2 rings (SSSR count). The Hall–Kier alpha value is -0.580. The van der Waals surface area contributed by atoms with E-state index in [1.165, 1.54) is 11.3 Å². The van der Waals surface area contributed by atoms with Crippen molar-refractivity contribution in [3.8, 4) is 0 Å². The second kappa shape index (κ2) is 5.59. The summed E-state index contributed by atoms with van der Waals surface area (Å²) in [6.45, 7) is 1.93.